The first-order chi connectivity index (χ1) is 8.82. The number of hydrogen-bond donors (Lipinski definition) is 0. The summed E-state index contributed by atoms with van der Waals surface area (Å²) < 4.78 is 12.2. The van der Waals surface area contributed by atoms with Crippen LogP contribution < -0.4 is 0 Å². The summed E-state index contributed by atoms with van der Waals surface area (Å²) in [5.74, 6) is 0. The quantitative estimate of drug-likeness (QED) is 0.583. The largest absolute Gasteiger partial charge is 0.495 e. The Labute approximate surface area is 119 Å². The SMILES string of the molecule is CC1(C)OB(C2=CCc3c2ccnc3Cl)OC1(C)C. The highest BCUT2D eigenvalue weighted by Gasteiger charge is 2.53. The number of rotatable bonds is 1. The average Bonchev–Trinajstić information content (AvgIpc) is 2.80. The normalized spacial score (nSPS) is 23.4. The Kier molecular flexibility index (Phi) is 2.82. The first kappa shape index (κ1) is 13.2. The Morgan fingerprint density at radius 2 is 1.84 bits per heavy atom. The first-order valence-electron chi connectivity index (χ1n) is 6.51. The van der Waals surface area contributed by atoms with E-state index in [1.54, 1.807) is 6.20 Å². The van der Waals surface area contributed by atoms with Gasteiger partial charge in [0.15, 0.2) is 0 Å². The van der Waals surface area contributed by atoms with E-state index >= 15 is 0 Å². The molecule has 100 valence electrons. The second-order valence-corrected chi connectivity index (χ2v) is 6.44. The van der Waals surface area contributed by atoms with E-state index in [0.29, 0.717) is 5.15 Å². The van der Waals surface area contributed by atoms with Gasteiger partial charge in [-0.15, -0.1) is 0 Å². The van der Waals surface area contributed by atoms with Crippen molar-refractivity contribution in [1.82, 2.24) is 4.98 Å². The monoisotopic (exact) mass is 277 g/mol. The van der Waals surface area contributed by atoms with Crippen molar-refractivity contribution in [2.45, 2.75) is 45.3 Å². The zero-order valence-electron chi connectivity index (χ0n) is 11.7. The van der Waals surface area contributed by atoms with Crippen molar-refractivity contribution in [2.24, 2.45) is 0 Å². The van der Waals surface area contributed by atoms with Gasteiger partial charge < -0.3 is 9.31 Å². The zero-order valence-corrected chi connectivity index (χ0v) is 12.4. The van der Waals surface area contributed by atoms with E-state index in [1.165, 1.54) is 0 Å². The molecule has 0 N–H and O–H groups in total. The van der Waals surface area contributed by atoms with E-state index in [1.807, 2.05) is 6.07 Å². The van der Waals surface area contributed by atoms with Gasteiger partial charge >= 0.3 is 7.12 Å². The van der Waals surface area contributed by atoms with Crippen LogP contribution in [0.2, 0.25) is 5.15 Å². The van der Waals surface area contributed by atoms with Crippen molar-refractivity contribution in [2.75, 3.05) is 0 Å². The Morgan fingerprint density at radius 1 is 1.21 bits per heavy atom. The molecule has 1 aromatic heterocycles. The zero-order chi connectivity index (χ0) is 13.8. The maximum Gasteiger partial charge on any atom is 0.495 e. The highest BCUT2D eigenvalue weighted by molar-refractivity contribution is 6.69. The van der Waals surface area contributed by atoms with Crippen LogP contribution in [0.1, 0.15) is 38.8 Å². The Morgan fingerprint density at radius 3 is 2.47 bits per heavy atom. The molecule has 1 saturated heterocycles. The van der Waals surface area contributed by atoms with Crippen molar-refractivity contribution >= 4 is 24.2 Å². The standard InChI is InChI=1S/C14H17BClNO2/c1-13(2)14(3,4)19-15(18-13)11-6-5-10-9(11)7-8-17-12(10)16/h6-8H,5H2,1-4H3. The van der Waals surface area contributed by atoms with Gasteiger partial charge in [0, 0.05) is 11.8 Å². The van der Waals surface area contributed by atoms with Gasteiger partial charge in [-0.1, -0.05) is 17.7 Å². The summed E-state index contributed by atoms with van der Waals surface area (Å²) in [7, 11) is -0.329. The first-order valence-corrected chi connectivity index (χ1v) is 6.89. The molecule has 1 aliphatic carbocycles. The van der Waals surface area contributed by atoms with Crippen LogP contribution >= 0.6 is 11.6 Å². The number of pyridine rings is 1. The molecular weight excluding hydrogens is 260 g/mol. The van der Waals surface area contributed by atoms with Gasteiger partial charge in [0.1, 0.15) is 5.15 Å². The van der Waals surface area contributed by atoms with Crippen LogP contribution in [0.5, 0.6) is 0 Å². The molecule has 0 amide bonds. The number of hydrogen-bond acceptors (Lipinski definition) is 3. The lowest BCUT2D eigenvalue weighted by atomic mass is 9.75. The number of nitrogens with zero attached hydrogens (tertiary/aromatic N) is 1. The lowest BCUT2D eigenvalue weighted by Gasteiger charge is -2.32. The second-order valence-electron chi connectivity index (χ2n) is 6.08. The van der Waals surface area contributed by atoms with E-state index < -0.39 is 0 Å². The molecule has 1 fully saturated rings. The third kappa shape index (κ3) is 1.94. The molecule has 5 heteroatoms. The molecule has 0 spiro atoms. The van der Waals surface area contributed by atoms with E-state index in [2.05, 4.69) is 38.8 Å². The average molecular weight is 278 g/mol. The van der Waals surface area contributed by atoms with Crippen LogP contribution in [0.25, 0.3) is 5.47 Å². The maximum atomic E-state index is 6.13. The fourth-order valence-corrected chi connectivity index (χ4v) is 2.68. The summed E-state index contributed by atoms with van der Waals surface area (Å²) in [6, 6.07) is 1.98. The highest BCUT2D eigenvalue weighted by Crippen LogP contribution is 2.43. The van der Waals surface area contributed by atoms with E-state index in [0.717, 1.165) is 23.0 Å². The summed E-state index contributed by atoms with van der Waals surface area (Å²) in [4.78, 5) is 4.12. The molecule has 0 aromatic carbocycles. The van der Waals surface area contributed by atoms with Crippen molar-refractivity contribution in [3.63, 3.8) is 0 Å². The third-order valence-electron chi connectivity index (χ3n) is 4.35. The number of fused-ring (bicyclic) bond motifs is 1. The van der Waals surface area contributed by atoms with Crippen LogP contribution in [-0.4, -0.2) is 23.3 Å². The number of allylic oxidation sites excluding steroid dienone is 1. The Hall–Kier alpha value is -0.835. The van der Waals surface area contributed by atoms with Gasteiger partial charge in [-0.25, -0.2) is 4.98 Å². The molecule has 3 rings (SSSR count). The predicted molar refractivity (Wildman–Crippen MR) is 77.0 cm³/mol. The van der Waals surface area contributed by atoms with Crippen molar-refractivity contribution in [3.05, 3.63) is 34.6 Å². The molecular formula is C14H17BClNO2. The van der Waals surface area contributed by atoms with Gasteiger partial charge in [-0.2, -0.15) is 0 Å². The van der Waals surface area contributed by atoms with Crippen LogP contribution in [0.4, 0.5) is 0 Å². The summed E-state index contributed by atoms with van der Waals surface area (Å²) in [5, 5.41) is 0.570. The minimum atomic E-state index is -0.329. The van der Waals surface area contributed by atoms with Crippen LogP contribution in [0.3, 0.4) is 0 Å². The molecule has 2 aliphatic rings. The van der Waals surface area contributed by atoms with Gasteiger partial charge in [0.05, 0.1) is 11.2 Å². The maximum absolute atomic E-state index is 6.13. The number of halogens is 1. The lowest BCUT2D eigenvalue weighted by Crippen LogP contribution is -2.41. The van der Waals surface area contributed by atoms with Gasteiger partial charge in [-0.05, 0) is 51.2 Å². The molecule has 0 unspecified atom stereocenters. The van der Waals surface area contributed by atoms with E-state index in [4.69, 9.17) is 20.9 Å². The molecule has 2 heterocycles. The van der Waals surface area contributed by atoms with Crippen LogP contribution in [-0.2, 0) is 15.7 Å². The summed E-state index contributed by atoms with van der Waals surface area (Å²) >= 11 is 6.13. The molecule has 1 aliphatic heterocycles. The fraction of sp³-hybridized carbons (Fsp3) is 0.500. The molecule has 3 nitrogen and oxygen atoms in total. The molecule has 1 aromatic rings. The molecule has 19 heavy (non-hydrogen) atoms. The minimum absolute atomic E-state index is 0.321. The Bertz CT molecular complexity index is 553. The summed E-state index contributed by atoms with van der Waals surface area (Å²) in [5.41, 5.74) is 2.58. The van der Waals surface area contributed by atoms with Crippen LogP contribution in [0, 0.1) is 0 Å². The van der Waals surface area contributed by atoms with Gasteiger partial charge in [0.2, 0.25) is 0 Å². The summed E-state index contributed by atoms with van der Waals surface area (Å²) in [6.45, 7) is 8.23. The highest BCUT2D eigenvalue weighted by atomic mass is 35.5. The van der Waals surface area contributed by atoms with Crippen molar-refractivity contribution in [1.29, 1.82) is 0 Å². The molecule has 0 atom stereocenters. The summed E-state index contributed by atoms with van der Waals surface area (Å²) in [6.07, 6.45) is 4.65. The molecule has 0 bridgehead atoms. The van der Waals surface area contributed by atoms with Gasteiger partial charge in [-0.3, -0.25) is 0 Å². The molecule has 0 saturated carbocycles. The smallest absolute Gasteiger partial charge is 0.399 e. The van der Waals surface area contributed by atoms with Crippen molar-refractivity contribution < 1.29 is 9.31 Å². The minimum Gasteiger partial charge on any atom is -0.399 e. The second kappa shape index (κ2) is 4.08. The number of aromatic nitrogens is 1. The van der Waals surface area contributed by atoms with Gasteiger partial charge in [0.25, 0.3) is 0 Å². The third-order valence-corrected chi connectivity index (χ3v) is 4.67. The molecule has 0 radical (unpaired) electrons. The van der Waals surface area contributed by atoms with E-state index in [9.17, 15) is 0 Å². The predicted octanol–water partition coefficient (Wildman–Crippen LogP) is 3.31. The van der Waals surface area contributed by atoms with Crippen molar-refractivity contribution in [3.8, 4) is 0 Å². The fourth-order valence-electron chi connectivity index (χ4n) is 2.45. The Balaban J connectivity index is 1.94. The lowest BCUT2D eigenvalue weighted by molar-refractivity contribution is 0.00578. The van der Waals surface area contributed by atoms with Crippen LogP contribution in [0.15, 0.2) is 18.3 Å². The topological polar surface area (TPSA) is 31.4 Å². The van der Waals surface area contributed by atoms with E-state index in [-0.39, 0.29) is 18.3 Å².